The van der Waals surface area contributed by atoms with Crippen LogP contribution in [0.15, 0.2) is 18.2 Å². The van der Waals surface area contributed by atoms with Crippen molar-refractivity contribution in [1.82, 2.24) is 0 Å². The average Bonchev–Trinajstić information content (AvgIpc) is 2.18. The Labute approximate surface area is 93.1 Å². The molecule has 0 saturated heterocycles. The van der Waals surface area contributed by atoms with E-state index in [4.69, 9.17) is 0 Å². The van der Waals surface area contributed by atoms with Gasteiger partial charge < -0.3 is 5.11 Å². The lowest BCUT2D eigenvalue weighted by Crippen LogP contribution is -2.00. The number of aliphatic hydroxyl groups is 1. The summed E-state index contributed by atoms with van der Waals surface area (Å²) in [4.78, 5) is 0. The lowest BCUT2D eigenvalue weighted by molar-refractivity contribution is 0.198. The van der Waals surface area contributed by atoms with Crippen molar-refractivity contribution in [2.75, 3.05) is 0 Å². The smallest absolute Gasteiger partial charge is 0.0764 e. The molecule has 0 heterocycles. The minimum Gasteiger partial charge on any atom is -0.389 e. The van der Waals surface area contributed by atoms with E-state index in [0.29, 0.717) is 0 Å². The van der Waals surface area contributed by atoms with Crippen LogP contribution in [0.4, 0.5) is 0 Å². The zero-order chi connectivity index (χ0) is 11.3. The average molecular weight is 206 g/mol. The summed E-state index contributed by atoms with van der Waals surface area (Å²) < 4.78 is 0. The fourth-order valence-electron chi connectivity index (χ4n) is 2.00. The third-order valence-corrected chi connectivity index (χ3v) is 2.72. The third-order valence-electron chi connectivity index (χ3n) is 2.72. The number of hydrogen-bond donors (Lipinski definition) is 1. The highest BCUT2D eigenvalue weighted by Crippen LogP contribution is 2.21. The van der Waals surface area contributed by atoms with Crippen LogP contribution in [0.5, 0.6) is 0 Å². The summed E-state index contributed by atoms with van der Waals surface area (Å²) in [6, 6.07) is 6.49. The second-order valence-corrected chi connectivity index (χ2v) is 4.21. The van der Waals surface area contributed by atoms with Crippen LogP contribution in [0.25, 0.3) is 0 Å². The maximum atomic E-state index is 9.65. The van der Waals surface area contributed by atoms with Crippen molar-refractivity contribution in [3.05, 3.63) is 34.9 Å². The van der Waals surface area contributed by atoms with Gasteiger partial charge in [0.15, 0.2) is 0 Å². The van der Waals surface area contributed by atoms with Crippen LogP contribution < -0.4 is 0 Å². The van der Waals surface area contributed by atoms with Gasteiger partial charge in [0.2, 0.25) is 0 Å². The SMILES string of the molecule is CCCc1ccc(C(C)O)c(CCC)c1. The van der Waals surface area contributed by atoms with E-state index in [2.05, 4.69) is 32.0 Å². The first-order valence-corrected chi connectivity index (χ1v) is 5.98. The summed E-state index contributed by atoms with van der Waals surface area (Å²) in [5, 5.41) is 9.65. The first kappa shape index (κ1) is 12.3. The maximum Gasteiger partial charge on any atom is 0.0764 e. The van der Waals surface area contributed by atoms with Crippen molar-refractivity contribution >= 4 is 0 Å². The molecule has 0 aliphatic rings. The Morgan fingerprint density at radius 3 is 2.33 bits per heavy atom. The molecule has 0 fully saturated rings. The van der Waals surface area contributed by atoms with Crippen molar-refractivity contribution in [2.45, 2.75) is 52.6 Å². The molecule has 1 atom stereocenters. The number of hydrogen-bond acceptors (Lipinski definition) is 1. The maximum absolute atomic E-state index is 9.65. The third kappa shape index (κ3) is 3.35. The van der Waals surface area contributed by atoms with E-state index >= 15 is 0 Å². The Balaban J connectivity index is 2.97. The van der Waals surface area contributed by atoms with Crippen molar-refractivity contribution in [3.63, 3.8) is 0 Å². The molecule has 1 nitrogen and oxygen atoms in total. The molecule has 1 aromatic rings. The van der Waals surface area contributed by atoms with Crippen LogP contribution in [0.2, 0.25) is 0 Å². The molecule has 1 N–H and O–H groups in total. The molecule has 1 unspecified atom stereocenters. The zero-order valence-electron chi connectivity index (χ0n) is 10.1. The Morgan fingerprint density at radius 2 is 1.80 bits per heavy atom. The van der Waals surface area contributed by atoms with Crippen molar-refractivity contribution in [2.24, 2.45) is 0 Å². The van der Waals surface area contributed by atoms with Gasteiger partial charge in [0.1, 0.15) is 0 Å². The van der Waals surface area contributed by atoms with Crippen molar-refractivity contribution < 1.29 is 5.11 Å². The molecule has 0 spiro atoms. The zero-order valence-corrected chi connectivity index (χ0v) is 10.1. The number of benzene rings is 1. The summed E-state index contributed by atoms with van der Waals surface area (Å²) in [6.45, 7) is 6.22. The van der Waals surface area contributed by atoms with E-state index in [9.17, 15) is 5.11 Å². The van der Waals surface area contributed by atoms with E-state index in [0.717, 1.165) is 24.8 Å². The first-order chi connectivity index (χ1) is 7.19. The molecule has 1 rings (SSSR count). The van der Waals surface area contributed by atoms with E-state index < -0.39 is 0 Å². The molecule has 0 saturated carbocycles. The number of aliphatic hydroxyl groups excluding tert-OH is 1. The largest absolute Gasteiger partial charge is 0.389 e. The van der Waals surface area contributed by atoms with Gasteiger partial charge in [-0.2, -0.15) is 0 Å². The molecular formula is C14H22O. The standard InChI is InChI=1S/C14H22O/c1-4-6-12-8-9-14(11(3)15)13(10-12)7-5-2/h8-11,15H,4-7H2,1-3H3. The van der Waals surface area contributed by atoms with Gasteiger partial charge in [-0.1, -0.05) is 44.9 Å². The molecule has 0 aliphatic carbocycles. The molecule has 0 aromatic heterocycles. The monoisotopic (exact) mass is 206 g/mol. The summed E-state index contributed by atoms with van der Waals surface area (Å²) in [6.07, 6.45) is 4.17. The second kappa shape index (κ2) is 5.92. The minimum atomic E-state index is -0.345. The van der Waals surface area contributed by atoms with Crippen LogP contribution in [-0.4, -0.2) is 5.11 Å². The predicted molar refractivity (Wildman–Crippen MR) is 65.1 cm³/mol. The highest BCUT2D eigenvalue weighted by atomic mass is 16.3. The summed E-state index contributed by atoms with van der Waals surface area (Å²) in [5.74, 6) is 0. The molecule has 15 heavy (non-hydrogen) atoms. The Morgan fingerprint density at radius 1 is 1.13 bits per heavy atom. The predicted octanol–water partition coefficient (Wildman–Crippen LogP) is 3.64. The lowest BCUT2D eigenvalue weighted by atomic mass is 9.96. The molecule has 0 aliphatic heterocycles. The molecule has 84 valence electrons. The van der Waals surface area contributed by atoms with Gasteiger partial charge in [-0.05, 0) is 36.5 Å². The number of rotatable bonds is 5. The molecule has 0 bridgehead atoms. The fourth-order valence-corrected chi connectivity index (χ4v) is 2.00. The summed E-state index contributed by atoms with van der Waals surface area (Å²) >= 11 is 0. The van der Waals surface area contributed by atoms with Gasteiger partial charge in [-0.3, -0.25) is 0 Å². The second-order valence-electron chi connectivity index (χ2n) is 4.21. The molecule has 0 radical (unpaired) electrons. The highest BCUT2D eigenvalue weighted by molar-refractivity contribution is 5.33. The van der Waals surface area contributed by atoms with Gasteiger partial charge in [0, 0.05) is 0 Å². The van der Waals surface area contributed by atoms with Crippen LogP contribution >= 0.6 is 0 Å². The Bertz CT molecular complexity index is 302. The van der Waals surface area contributed by atoms with Crippen LogP contribution in [-0.2, 0) is 12.8 Å². The van der Waals surface area contributed by atoms with Crippen LogP contribution in [0.1, 0.15) is 56.4 Å². The van der Waals surface area contributed by atoms with E-state index in [1.807, 2.05) is 6.92 Å². The van der Waals surface area contributed by atoms with Gasteiger partial charge in [-0.25, -0.2) is 0 Å². The van der Waals surface area contributed by atoms with Crippen molar-refractivity contribution in [1.29, 1.82) is 0 Å². The quantitative estimate of drug-likeness (QED) is 0.779. The summed E-state index contributed by atoms with van der Waals surface area (Å²) in [7, 11) is 0. The van der Waals surface area contributed by atoms with Gasteiger partial charge in [-0.15, -0.1) is 0 Å². The van der Waals surface area contributed by atoms with E-state index in [1.54, 1.807) is 0 Å². The Hall–Kier alpha value is -0.820. The molecule has 0 amide bonds. The van der Waals surface area contributed by atoms with Gasteiger partial charge in [0.05, 0.1) is 6.10 Å². The minimum absolute atomic E-state index is 0.345. The van der Waals surface area contributed by atoms with Gasteiger partial charge in [0.25, 0.3) is 0 Å². The van der Waals surface area contributed by atoms with Crippen molar-refractivity contribution in [3.8, 4) is 0 Å². The van der Waals surface area contributed by atoms with E-state index in [1.165, 1.54) is 17.5 Å². The molecular weight excluding hydrogens is 184 g/mol. The van der Waals surface area contributed by atoms with E-state index in [-0.39, 0.29) is 6.10 Å². The van der Waals surface area contributed by atoms with Crippen LogP contribution in [0.3, 0.4) is 0 Å². The van der Waals surface area contributed by atoms with Gasteiger partial charge >= 0.3 is 0 Å². The summed E-state index contributed by atoms with van der Waals surface area (Å²) in [5.41, 5.74) is 3.81. The first-order valence-electron chi connectivity index (χ1n) is 5.98. The molecule has 1 heteroatoms. The normalized spacial score (nSPS) is 12.8. The highest BCUT2D eigenvalue weighted by Gasteiger charge is 2.07. The Kier molecular flexibility index (Phi) is 4.83. The fraction of sp³-hybridized carbons (Fsp3) is 0.571. The van der Waals surface area contributed by atoms with Crippen LogP contribution in [0, 0.1) is 0 Å². The number of aryl methyl sites for hydroxylation is 2. The molecule has 1 aromatic carbocycles. The lowest BCUT2D eigenvalue weighted by Gasteiger charge is -2.13. The topological polar surface area (TPSA) is 20.2 Å².